The molecule has 2 heteroatoms. The first kappa shape index (κ1) is 6.49. The molecule has 1 N–H and O–H groups in total. The van der Waals surface area contributed by atoms with Crippen molar-refractivity contribution in [3.8, 4) is 0 Å². The van der Waals surface area contributed by atoms with Crippen LogP contribution < -0.4 is 5.32 Å². The van der Waals surface area contributed by atoms with E-state index in [1.165, 1.54) is 0 Å². The molecule has 2 nitrogen and oxygen atoms in total. The van der Waals surface area contributed by atoms with Gasteiger partial charge < -0.3 is 5.32 Å². The molecule has 0 aromatic carbocycles. The summed E-state index contributed by atoms with van der Waals surface area (Å²) in [5.41, 5.74) is 0. The molecule has 9 heavy (non-hydrogen) atoms. The second-order valence-electron chi connectivity index (χ2n) is 2.31. The van der Waals surface area contributed by atoms with Gasteiger partial charge in [-0.2, -0.15) is 0 Å². The van der Waals surface area contributed by atoms with E-state index in [1.54, 1.807) is 0 Å². The highest BCUT2D eigenvalue weighted by Gasteiger charge is 2.10. The highest BCUT2D eigenvalue weighted by Crippen LogP contribution is 2.05. The summed E-state index contributed by atoms with van der Waals surface area (Å²) in [7, 11) is 1.96. The fraction of sp³-hybridized carbons (Fsp3) is 0.571. The van der Waals surface area contributed by atoms with Crippen molar-refractivity contribution in [2.24, 2.45) is 10.9 Å². The Morgan fingerprint density at radius 2 is 2.33 bits per heavy atom. The molecule has 2 atom stereocenters. The van der Waals surface area contributed by atoms with Gasteiger partial charge in [0.15, 0.2) is 0 Å². The largest absolute Gasteiger partial charge is 0.313 e. The van der Waals surface area contributed by atoms with Crippen LogP contribution in [0.5, 0.6) is 0 Å². The van der Waals surface area contributed by atoms with Gasteiger partial charge in [0, 0.05) is 24.4 Å². The maximum Gasteiger partial charge on any atom is 0.0340 e. The number of nitrogens with one attached hydrogen (secondary N) is 1. The van der Waals surface area contributed by atoms with E-state index < -0.39 is 0 Å². The lowest BCUT2D eigenvalue weighted by Crippen LogP contribution is -2.31. The quantitative estimate of drug-likeness (QED) is 0.549. The van der Waals surface area contributed by atoms with Crippen LogP contribution >= 0.6 is 0 Å². The van der Waals surface area contributed by atoms with Crippen LogP contribution in [0.2, 0.25) is 0 Å². The molecule has 0 fully saturated rings. The van der Waals surface area contributed by atoms with Gasteiger partial charge in [0.1, 0.15) is 0 Å². The second-order valence-corrected chi connectivity index (χ2v) is 2.31. The maximum absolute atomic E-state index is 4.01. The summed E-state index contributed by atoms with van der Waals surface area (Å²) in [4.78, 5) is 4.01. The van der Waals surface area contributed by atoms with Gasteiger partial charge in [-0.25, -0.2) is 0 Å². The van der Waals surface area contributed by atoms with Gasteiger partial charge in [-0.05, 0) is 13.1 Å². The molecule has 1 aliphatic rings. The van der Waals surface area contributed by atoms with E-state index in [2.05, 4.69) is 23.3 Å². The van der Waals surface area contributed by atoms with Gasteiger partial charge in [-0.3, -0.25) is 4.99 Å². The van der Waals surface area contributed by atoms with E-state index >= 15 is 0 Å². The van der Waals surface area contributed by atoms with E-state index in [4.69, 9.17) is 0 Å². The number of nitrogens with zero attached hydrogens (tertiary/aromatic N) is 1. The maximum atomic E-state index is 4.01. The molecule has 0 radical (unpaired) electrons. The van der Waals surface area contributed by atoms with Crippen molar-refractivity contribution < 1.29 is 0 Å². The summed E-state index contributed by atoms with van der Waals surface area (Å²) in [5.74, 6) is 0.528. The number of hydrogen-bond acceptors (Lipinski definition) is 2. The number of rotatable bonds is 1. The normalized spacial score (nSPS) is 33.1. The summed E-state index contributed by atoms with van der Waals surface area (Å²) < 4.78 is 0. The average Bonchev–Trinajstić information content (AvgIpc) is 1.89. The van der Waals surface area contributed by atoms with Gasteiger partial charge in [0.25, 0.3) is 0 Å². The molecule has 50 valence electrons. The molecular formula is C7H12N2. The standard InChI is InChI=1S/C7H12N2/c1-6-5-9-4-3-7(6)8-2/h3-8H,1-2H3. The summed E-state index contributed by atoms with van der Waals surface area (Å²) in [6.45, 7) is 2.15. The van der Waals surface area contributed by atoms with Crippen LogP contribution in [0.4, 0.5) is 0 Å². The molecule has 0 saturated carbocycles. The fourth-order valence-electron chi connectivity index (χ4n) is 0.955. The minimum Gasteiger partial charge on any atom is -0.313 e. The van der Waals surface area contributed by atoms with Crippen LogP contribution in [0, 0.1) is 5.92 Å². The molecule has 0 aromatic heterocycles. The number of hydrogen-bond donors (Lipinski definition) is 1. The smallest absolute Gasteiger partial charge is 0.0340 e. The predicted octanol–water partition coefficient (Wildman–Crippen LogP) is 0.809. The summed E-state index contributed by atoms with van der Waals surface area (Å²) in [5, 5.41) is 3.18. The Hall–Kier alpha value is -0.630. The molecule has 1 heterocycles. The Morgan fingerprint density at radius 1 is 1.56 bits per heavy atom. The van der Waals surface area contributed by atoms with Crippen molar-refractivity contribution in [3.63, 3.8) is 0 Å². The monoisotopic (exact) mass is 124 g/mol. The molecule has 0 bridgehead atoms. The van der Waals surface area contributed by atoms with Crippen molar-refractivity contribution in [3.05, 3.63) is 12.3 Å². The topological polar surface area (TPSA) is 24.4 Å². The van der Waals surface area contributed by atoms with Gasteiger partial charge in [0.05, 0.1) is 0 Å². The Bertz CT molecular complexity index is 138. The lowest BCUT2D eigenvalue weighted by molar-refractivity contribution is 0.570. The Balaban J connectivity index is 2.55. The zero-order valence-corrected chi connectivity index (χ0v) is 5.83. The zero-order valence-electron chi connectivity index (χ0n) is 5.83. The first-order valence-electron chi connectivity index (χ1n) is 3.22. The first-order valence-corrected chi connectivity index (χ1v) is 3.22. The average molecular weight is 124 g/mol. The third-order valence-electron chi connectivity index (χ3n) is 1.60. The molecule has 1 aliphatic heterocycles. The minimum atomic E-state index is 0.475. The van der Waals surface area contributed by atoms with Gasteiger partial charge in [0.2, 0.25) is 0 Å². The summed E-state index contributed by atoms with van der Waals surface area (Å²) >= 11 is 0. The lowest BCUT2D eigenvalue weighted by atomic mass is 10.0. The molecule has 2 unspecified atom stereocenters. The number of likely N-dealkylation sites (N-methyl/N-ethyl adjacent to an activating group) is 1. The van der Waals surface area contributed by atoms with Crippen LogP contribution in [0.1, 0.15) is 6.92 Å². The third-order valence-corrected chi connectivity index (χ3v) is 1.60. The lowest BCUT2D eigenvalue weighted by Gasteiger charge is -2.17. The van der Waals surface area contributed by atoms with Gasteiger partial charge in [-0.1, -0.05) is 6.92 Å². The van der Waals surface area contributed by atoms with E-state index in [1.807, 2.05) is 19.5 Å². The Kier molecular flexibility index (Phi) is 2.01. The van der Waals surface area contributed by atoms with Crippen LogP contribution in [0.3, 0.4) is 0 Å². The van der Waals surface area contributed by atoms with E-state index in [0.29, 0.717) is 12.0 Å². The molecule has 0 aromatic rings. The minimum absolute atomic E-state index is 0.475. The van der Waals surface area contributed by atoms with Crippen molar-refractivity contribution in [1.29, 1.82) is 0 Å². The molecule has 0 saturated heterocycles. The van der Waals surface area contributed by atoms with Gasteiger partial charge in [-0.15, -0.1) is 0 Å². The highest BCUT2D eigenvalue weighted by atomic mass is 14.9. The SMILES string of the molecule is CNC1C=CN=CC1C. The van der Waals surface area contributed by atoms with E-state index in [-0.39, 0.29) is 0 Å². The van der Waals surface area contributed by atoms with Gasteiger partial charge >= 0.3 is 0 Å². The van der Waals surface area contributed by atoms with Crippen LogP contribution in [0.25, 0.3) is 0 Å². The van der Waals surface area contributed by atoms with Crippen LogP contribution in [0.15, 0.2) is 17.3 Å². The fourth-order valence-corrected chi connectivity index (χ4v) is 0.955. The van der Waals surface area contributed by atoms with E-state index in [9.17, 15) is 0 Å². The summed E-state index contributed by atoms with van der Waals surface area (Å²) in [6.07, 6.45) is 5.87. The first-order chi connectivity index (χ1) is 4.34. The molecule has 0 spiro atoms. The van der Waals surface area contributed by atoms with Crippen molar-refractivity contribution in [2.75, 3.05) is 7.05 Å². The molecule has 1 rings (SSSR count). The Morgan fingerprint density at radius 3 is 2.78 bits per heavy atom. The molecular weight excluding hydrogens is 112 g/mol. The molecule has 0 amide bonds. The number of aliphatic imine (C=N–C) groups is 1. The Labute approximate surface area is 55.7 Å². The van der Waals surface area contributed by atoms with Crippen LogP contribution in [-0.2, 0) is 0 Å². The summed E-state index contributed by atoms with van der Waals surface area (Å²) in [6, 6.07) is 0.475. The van der Waals surface area contributed by atoms with Crippen molar-refractivity contribution in [2.45, 2.75) is 13.0 Å². The third kappa shape index (κ3) is 1.39. The zero-order chi connectivity index (χ0) is 6.69. The predicted molar refractivity (Wildman–Crippen MR) is 39.6 cm³/mol. The van der Waals surface area contributed by atoms with E-state index in [0.717, 1.165) is 0 Å². The highest BCUT2D eigenvalue weighted by molar-refractivity contribution is 5.64. The van der Waals surface area contributed by atoms with Crippen LogP contribution in [-0.4, -0.2) is 19.3 Å². The van der Waals surface area contributed by atoms with Crippen molar-refractivity contribution >= 4 is 6.21 Å². The second kappa shape index (κ2) is 2.78. The molecule has 0 aliphatic carbocycles. The van der Waals surface area contributed by atoms with Crippen molar-refractivity contribution in [1.82, 2.24) is 5.32 Å².